The molecule has 0 saturated carbocycles. The van der Waals surface area contributed by atoms with Gasteiger partial charge in [0.1, 0.15) is 5.82 Å². The average molecular weight is 306 g/mol. The normalized spacial score (nSPS) is 13.4. The smallest absolute Gasteiger partial charge is 0.126 e. The fraction of sp³-hybridized carbons (Fsp3) is 0.471. The van der Waals surface area contributed by atoms with E-state index in [1.807, 2.05) is 25.3 Å². The molecule has 0 radical (unpaired) electrons. The first-order chi connectivity index (χ1) is 9.85. The van der Waals surface area contributed by atoms with Crippen molar-refractivity contribution < 1.29 is 4.39 Å². The molecule has 114 valence electrons. The number of aryl methyl sites for hydroxylation is 1. The highest BCUT2D eigenvalue weighted by Crippen LogP contribution is 2.26. The molecule has 0 aliphatic carbocycles. The van der Waals surface area contributed by atoms with Crippen LogP contribution in [0.15, 0.2) is 30.5 Å². The van der Waals surface area contributed by atoms with Crippen LogP contribution in [0.4, 0.5) is 4.39 Å². The summed E-state index contributed by atoms with van der Waals surface area (Å²) >= 11 is 1.69. The van der Waals surface area contributed by atoms with Gasteiger partial charge in [0.2, 0.25) is 0 Å². The summed E-state index contributed by atoms with van der Waals surface area (Å²) < 4.78 is 14.1. The van der Waals surface area contributed by atoms with E-state index in [2.05, 4.69) is 31.1 Å². The van der Waals surface area contributed by atoms with Crippen molar-refractivity contribution in [2.75, 3.05) is 6.54 Å². The van der Waals surface area contributed by atoms with Crippen molar-refractivity contribution in [2.45, 2.75) is 45.6 Å². The molecule has 1 N–H and O–H groups in total. The molecule has 0 saturated heterocycles. The summed E-state index contributed by atoms with van der Waals surface area (Å²) in [5.74, 6) is -0.00952. The third kappa shape index (κ3) is 4.90. The van der Waals surface area contributed by atoms with Gasteiger partial charge in [-0.1, -0.05) is 18.2 Å². The van der Waals surface area contributed by atoms with Crippen LogP contribution in [0.1, 0.15) is 42.1 Å². The number of nitrogens with zero attached hydrogens (tertiary/aromatic N) is 1. The number of thiazole rings is 1. The van der Waals surface area contributed by atoms with E-state index in [9.17, 15) is 4.39 Å². The molecular weight excluding hydrogens is 283 g/mol. The second kappa shape index (κ2) is 6.67. The van der Waals surface area contributed by atoms with E-state index in [1.165, 1.54) is 10.9 Å². The quantitative estimate of drug-likeness (QED) is 0.890. The van der Waals surface area contributed by atoms with Crippen LogP contribution in [0.5, 0.6) is 0 Å². The van der Waals surface area contributed by atoms with Crippen LogP contribution in [-0.2, 0) is 6.42 Å². The Labute approximate surface area is 130 Å². The zero-order chi connectivity index (χ0) is 15.5. The summed E-state index contributed by atoms with van der Waals surface area (Å²) in [4.78, 5) is 5.50. The minimum Gasteiger partial charge on any atom is -0.311 e. The van der Waals surface area contributed by atoms with Gasteiger partial charge < -0.3 is 5.32 Å². The van der Waals surface area contributed by atoms with Crippen LogP contribution in [0, 0.1) is 12.7 Å². The lowest BCUT2D eigenvalue weighted by atomic mass is 9.93. The molecule has 2 nitrogen and oxygen atoms in total. The van der Waals surface area contributed by atoms with E-state index in [1.54, 1.807) is 17.4 Å². The summed E-state index contributed by atoms with van der Waals surface area (Å²) in [6.45, 7) is 9.13. The van der Waals surface area contributed by atoms with Gasteiger partial charge >= 0.3 is 0 Å². The zero-order valence-corrected chi connectivity index (χ0v) is 13.9. The van der Waals surface area contributed by atoms with E-state index >= 15 is 0 Å². The fourth-order valence-electron chi connectivity index (χ4n) is 2.27. The van der Waals surface area contributed by atoms with Crippen molar-refractivity contribution in [3.63, 3.8) is 0 Å². The van der Waals surface area contributed by atoms with Gasteiger partial charge in [-0.15, -0.1) is 11.3 Å². The maximum absolute atomic E-state index is 14.1. The summed E-state index contributed by atoms with van der Waals surface area (Å²) in [6, 6.07) is 7.07. The molecule has 4 heteroatoms. The Hall–Kier alpha value is -1.26. The molecule has 0 amide bonds. The van der Waals surface area contributed by atoms with E-state index in [0.29, 0.717) is 0 Å². The number of aromatic nitrogens is 1. The van der Waals surface area contributed by atoms with Crippen molar-refractivity contribution in [1.29, 1.82) is 0 Å². The lowest BCUT2D eigenvalue weighted by Gasteiger charge is -2.25. The highest BCUT2D eigenvalue weighted by Gasteiger charge is 2.20. The maximum atomic E-state index is 14.1. The number of hydrogen-bond acceptors (Lipinski definition) is 3. The Kier molecular flexibility index (Phi) is 5.12. The molecule has 0 spiro atoms. The summed E-state index contributed by atoms with van der Waals surface area (Å²) in [7, 11) is 0. The van der Waals surface area contributed by atoms with E-state index in [0.717, 1.165) is 23.5 Å². The number of benzene rings is 1. The van der Waals surface area contributed by atoms with Crippen molar-refractivity contribution in [3.05, 3.63) is 51.7 Å². The standard InChI is InChI=1S/C17H23FN2S/c1-12-19-11-14(21-12)9-13(10-20-17(2,3)4)15-7-5-6-8-16(15)18/h5-8,11,13,20H,9-10H2,1-4H3. The molecule has 0 aliphatic rings. The Morgan fingerprint density at radius 2 is 2.00 bits per heavy atom. The molecule has 0 fully saturated rings. The maximum Gasteiger partial charge on any atom is 0.126 e. The Balaban J connectivity index is 2.19. The van der Waals surface area contributed by atoms with Gasteiger partial charge in [0, 0.05) is 29.1 Å². The second-order valence-electron chi connectivity index (χ2n) is 6.40. The number of halogens is 1. The van der Waals surface area contributed by atoms with Gasteiger partial charge in [0.25, 0.3) is 0 Å². The molecule has 1 atom stereocenters. The van der Waals surface area contributed by atoms with Crippen molar-refractivity contribution in [2.24, 2.45) is 0 Å². The Morgan fingerprint density at radius 3 is 2.57 bits per heavy atom. The van der Waals surface area contributed by atoms with Gasteiger partial charge in [-0.05, 0) is 45.7 Å². The molecule has 2 aromatic rings. The summed E-state index contributed by atoms with van der Waals surface area (Å²) in [6.07, 6.45) is 2.72. The predicted molar refractivity (Wildman–Crippen MR) is 87.5 cm³/mol. The minimum atomic E-state index is -0.126. The van der Waals surface area contributed by atoms with Crippen molar-refractivity contribution in [1.82, 2.24) is 10.3 Å². The zero-order valence-electron chi connectivity index (χ0n) is 13.1. The van der Waals surface area contributed by atoms with Crippen LogP contribution >= 0.6 is 11.3 Å². The summed E-state index contributed by atoms with van der Waals surface area (Å²) in [5, 5.41) is 4.55. The van der Waals surface area contributed by atoms with Crippen LogP contribution in [0.2, 0.25) is 0 Å². The minimum absolute atomic E-state index is 0.0210. The monoisotopic (exact) mass is 306 g/mol. The van der Waals surface area contributed by atoms with Gasteiger partial charge in [-0.2, -0.15) is 0 Å². The fourth-order valence-corrected chi connectivity index (χ4v) is 3.14. The highest BCUT2D eigenvalue weighted by atomic mass is 32.1. The third-order valence-corrected chi connectivity index (χ3v) is 4.28. The molecule has 1 aromatic carbocycles. The van der Waals surface area contributed by atoms with Crippen LogP contribution in [0.25, 0.3) is 0 Å². The SMILES string of the molecule is Cc1ncc(CC(CNC(C)(C)C)c2ccccc2F)s1. The molecule has 1 heterocycles. The van der Waals surface area contributed by atoms with E-state index in [-0.39, 0.29) is 17.3 Å². The first-order valence-corrected chi connectivity index (χ1v) is 8.07. The van der Waals surface area contributed by atoms with E-state index in [4.69, 9.17) is 0 Å². The number of nitrogens with one attached hydrogen (secondary N) is 1. The first kappa shape index (κ1) is 16.1. The van der Waals surface area contributed by atoms with Crippen molar-refractivity contribution in [3.8, 4) is 0 Å². The van der Waals surface area contributed by atoms with Crippen LogP contribution in [0.3, 0.4) is 0 Å². The molecular formula is C17H23FN2S. The topological polar surface area (TPSA) is 24.9 Å². The first-order valence-electron chi connectivity index (χ1n) is 7.26. The van der Waals surface area contributed by atoms with E-state index < -0.39 is 0 Å². The van der Waals surface area contributed by atoms with Crippen molar-refractivity contribution >= 4 is 11.3 Å². The van der Waals surface area contributed by atoms with Gasteiger partial charge in [0.05, 0.1) is 5.01 Å². The molecule has 0 bridgehead atoms. The van der Waals surface area contributed by atoms with Crippen LogP contribution < -0.4 is 5.32 Å². The molecule has 21 heavy (non-hydrogen) atoms. The van der Waals surface area contributed by atoms with Gasteiger partial charge in [0.15, 0.2) is 0 Å². The van der Waals surface area contributed by atoms with Gasteiger partial charge in [-0.3, -0.25) is 0 Å². The molecule has 2 rings (SSSR count). The lowest BCUT2D eigenvalue weighted by Crippen LogP contribution is -2.39. The second-order valence-corrected chi connectivity index (χ2v) is 7.72. The molecule has 1 unspecified atom stereocenters. The highest BCUT2D eigenvalue weighted by molar-refractivity contribution is 7.11. The van der Waals surface area contributed by atoms with Crippen LogP contribution in [-0.4, -0.2) is 17.1 Å². The number of hydrogen-bond donors (Lipinski definition) is 1. The molecule has 1 aromatic heterocycles. The summed E-state index contributed by atoms with van der Waals surface area (Å²) in [5.41, 5.74) is 0.799. The van der Waals surface area contributed by atoms with Gasteiger partial charge in [-0.25, -0.2) is 9.37 Å². The average Bonchev–Trinajstić information content (AvgIpc) is 2.80. The largest absolute Gasteiger partial charge is 0.311 e. The Bertz CT molecular complexity index is 586. The molecule has 0 aliphatic heterocycles. The third-order valence-electron chi connectivity index (χ3n) is 3.34. The predicted octanol–water partition coefficient (Wildman–Crippen LogP) is 4.31. The lowest BCUT2D eigenvalue weighted by molar-refractivity contribution is 0.401. The number of rotatable bonds is 5. The Morgan fingerprint density at radius 1 is 1.29 bits per heavy atom.